The highest BCUT2D eigenvalue weighted by Crippen LogP contribution is 2.27. The average Bonchev–Trinajstić information content (AvgIpc) is 3.29. The minimum atomic E-state index is 0.329. The molecule has 1 atom stereocenters. The van der Waals surface area contributed by atoms with Gasteiger partial charge in [0.25, 0.3) is 0 Å². The molecule has 1 N–H and O–H groups in total. The number of likely N-dealkylation sites (N-methyl/N-ethyl adjacent to an activating group) is 1. The zero-order valence-electron chi connectivity index (χ0n) is 13.1. The molecule has 1 aromatic carbocycles. The van der Waals surface area contributed by atoms with E-state index in [-0.39, 0.29) is 0 Å². The highest BCUT2D eigenvalue weighted by atomic mass is 16.5. The van der Waals surface area contributed by atoms with Crippen LogP contribution in [0.1, 0.15) is 45.2 Å². The van der Waals surface area contributed by atoms with Gasteiger partial charge in [-0.1, -0.05) is 25.1 Å². The van der Waals surface area contributed by atoms with E-state index in [1.165, 1.54) is 18.4 Å². The van der Waals surface area contributed by atoms with Crippen LogP contribution in [0.2, 0.25) is 0 Å². The topological polar surface area (TPSA) is 24.5 Å². The molecule has 0 amide bonds. The fourth-order valence-electron chi connectivity index (χ4n) is 2.70. The zero-order valence-corrected chi connectivity index (χ0v) is 13.1. The molecular formula is C17H28N2O. The normalized spacial score (nSPS) is 16.4. The van der Waals surface area contributed by atoms with E-state index in [9.17, 15) is 0 Å². The average molecular weight is 276 g/mol. The molecule has 0 bridgehead atoms. The predicted octanol–water partition coefficient (Wildman–Crippen LogP) is 3.22. The maximum atomic E-state index is 5.70. The lowest BCUT2D eigenvalue weighted by Crippen LogP contribution is -2.34. The summed E-state index contributed by atoms with van der Waals surface area (Å²) in [5.41, 5.74) is 1.25. The molecule has 2 rings (SSSR count). The molecule has 1 aromatic rings. The van der Waals surface area contributed by atoms with Gasteiger partial charge in [0.2, 0.25) is 0 Å². The summed E-state index contributed by atoms with van der Waals surface area (Å²) in [7, 11) is 0. The van der Waals surface area contributed by atoms with Gasteiger partial charge in [0.15, 0.2) is 0 Å². The number of nitrogens with zero attached hydrogens (tertiary/aromatic N) is 1. The summed E-state index contributed by atoms with van der Waals surface area (Å²) in [4.78, 5) is 2.58. The summed E-state index contributed by atoms with van der Waals surface area (Å²) >= 11 is 0. The summed E-state index contributed by atoms with van der Waals surface area (Å²) in [6.45, 7) is 10.6. The summed E-state index contributed by atoms with van der Waals surface area (Å²) in [6.07, 6.45) is 2.77. The van der Waals surface area contributed by atoms with Crippen LogP contribution in [0.15, 0.2) is 24.3 Å². The van der Waals surface area contributed by atoms with Gasteiger partial charge in [0, 0.05) is 30.7 Å². The Kier molecular flexibility index (Phi) is 5.86. The van der Waals surface area contributed by atoms with Crippen LogP contribution in [-0.2, 0) is 0 Å². The number of nitrogens with one attached hydrogen (secondary N) is 1. The molecule has 20 heavy (non-hydrogen) atoms. The van der Waals surface area contributed by atoms with Crippen LogP contribution in [0.5, 0.6) is 5.75 Å². The van der Waals surface area contributed by atoms with Crippen LogP contribution >= 0.6 is 0 Å². The van der Waals surface area contributed by atoms with E-state index in [1.807, 2.05) is 13.0 Å². The molecule has 3 nitrogen and oxygen atoms in total. The van der Waals surface area contributed by atoms with Crippen LogP contribution in [0, 0.1) is 0 Å². The van der Waals surface area contributed by atoms with Crippen LogP contribution in [0.4, 0.5) is 0 Å². The SMILES string of the molecule is CCOc1ccccc1C(C)NCCN(CC)C1CC1. The van der Waals surface area contributed by atoms with Gasteiger partial charge in [-0.05, 0) is 39.3 Å². The Bertz CT molecular complexity index is 404. The number of hydrogen-bond acceptors (Lipinski definition) is 3. The van der Waals surface area contributed by atoms with Gasteiger partial charge in [0.1, 0.15) is 5.75 Å². The van der Waals surface area contributed by atoms with Gasteiger partial charge in [-0.3, -0.25) is 4.90 Å². The van der Waals surface area contributed by atoms with E-state index in [4.69, 9.17) is 4.74 Å². The minimum Gasteiger partial charge on any atom is -0.494 e. The van der Waals surface area contributed by atoms with Crippen LogP contribution in [-0.4, -0.2) is 37.2 Å². The molecule has 1 fully saturated rings. The fraction of sp³-hybridized carbons (Fsp3) is 0.647. The molecule has 1 aliphatic carbocycles. The first kappa shape index (κ1) is 15.3. The van der Waals surface area contributed by atoms with Crippen molar-refractivity contribution >= 4 is 0 Å². The molecule has 0 aromatic heterocycles. The maximum absolute atomic E-state index is 5.70. The number of para-hydroxylation sites is 1. The Morgan fingerprint density at radius 1 is 1.30 bits per heavy atom. The largest absolute Gasteiger partial charge is 0.494 e. The molecule has 3 heteroatoms. The van der Waals surface area contributed by atoms with Gasteiger partial charge < -0.3 is 10.1 Å². The molecule has 1 unspecified atom stereocenters. The Balaban J connectivity index is 1.83. The van der Waals surface area contributed by atoms with E-state index in [0.717, 1.165) is 38.0 Å². The number of benzene rings is 1. The quantitative estimate of drug-likeness (QED) is 0.749. The van der Waals surface area contributed by atoms with E-state index in [0.29, 0.717) is 6.04 Å². The van der Waals surface area contributed by atoms with Gasteiger partial charge in [-0.2, -0.15) is 0 Å². The third-order valence-corrected chi connectivity index (χ3v) is 4.00. The first-order valence-electron chi connectivity index (χ1n) is 7.95. The zero-order chi connectivity index (χ0) is 14.4. The van der Waals surface area contributed by atoms with Crippen LogP contribution in [0.25, 0.3) is 0 Å². The third kappa shape index (κ3) is 4.22. The van der Waals surface area contributed by atoms with E-state index in [2.05, 4.69) is 42.3 Å². The number of hydrogen-bond donors (Lipinski definition) is 1. The van der Waals surface area contributed by atoms with Crippen LogP contribution in [0.3, 0.4) is 0 Å². The second kappa shape index (κ2) is 7.65. The summed E-state index contributed by atoms with van der Waals surface area (Å²) in [5, 5.41) is 3.62. The molecule has 0 radical (unpaired) electrons. The van der Waals surface area contributed by atoms with Gasteiger partial charge in [-0.25, -0.2) is 0 Å². The van der Waals surface area contributed by atoms with Gasteiger partial charge in [0.05, 0.1) is 6.61 Å². The lowest BCUT2D eigenvalue weighted by atomic mass is 10.1. The van der Waals surface area contributed by atoms with Crippen molar-refractivity contribution in [1.82, 2.24) is 10.2 Å². The standard InChI is InChI=1S/C17H28N2O/c1-4-19(15-10-11-15)13-12-18-14(3)16-8-6-7-9-17(16)20-5-2/h6-9,14-15,18H,4-5,10-13H2,1-3H3. The van der Waals surface area contributed by atoms with Crippen molar-refractivity contribution in [1.29, 1.82) is 0 Å². The number of rotatable bonds is 9. The first-order chi connectivity index (χ1) is 9.76. The maximum Gasteiger partial charge on any atom is 0.124 e. The minimum absolute atomic E-state index is 0.329. The lowest BCUT2D eigenvalue weighted by Gasteiger charge is -2.22. The predicted molar refractivity (Wildman–Crippen MR) is 84.3 cm³/mol. The fourth-order valence-corrected chi connectivity index (χ4v) is 2.70. The highest BCUT2D eigenvalue weighted by Gasteiger charge is 2.27. The van der Waals surface area contributed by atoms with E-state index >= 15 is 0 Å². The molecule has 0 aliphatic heterocycles. The first-order valence-corrected chi connectivity index (χ1v) is 7.95. The molecule has 112 valence electrons. The Morgan fingerprint density at radius 3 is 2.70 bits per heavy atom. The second-order valence-electron chi connectivity index (χ2n) is 5.51. The molecule has 0 heterocycles. The lowest BCUT2D eigenvalue weighted by molar-refractivity contribution is 0.272. The second-order valence-corrected chi connectivity index (χ2v) is 5.51. The Labute approximate surface area is 123 Å². The van der Waals surface area contributed by atoms with Crippen molar-refractivity contribution in [3.8, 4) is 5.75 Å². The smallest absolute Gasteiger partial charge is 0.124 e. The summed E-state index contributed by atoms with van der Waals surface area (Å²) in [5.74, 6) is 1.00. The molecule has 1 aliphatic rings. The van der Waals surface area contributed by atoms with E-state index < -0.39 is 0 Å². The third-order valence-electron chi connectivity index (χ3n) is 4.00. The van der Waals surface area contributed by atoms with Crippen molar-refractivity contribution in [2.45, 2.75) is 45.7 Å². The van der Waals surface area contributed by atoms with Crippen molar-refractivity contribution in [2.75, 3.05) is 26.2 Å². The molecule has 1 saturated carbocycles. The Hall–Kier alpha value is -1.06. The highest BCUT2D eigenvalue weighted by molar-refractivity contribution is 5.35. The van der Waals surface area contributed by atoms with Crippen LogP contribution < -0.4 is 10.1 Å². The molecule has 0 spiro atoms. The summed E-state index contributed by atoms with van der Waals surface area (Å²) in [6, 6.07) is 9.51. The number of ether oxygens (including phenoxy) is 1. The van der Waals surface area contributed by atoms with Crippen molar-refractivity contribution in [3.05, 3.63) is 29.8 Å². The van der Waals surface area contributed by atoms with Gasteiger partial charge >= 0.3 is 0 Å². The van der Waals surface area contributed by atoms with Crippen molar-refractivity contribution < 1.29 is 4.74 Å². The Morgan fingerprint density at radius 2 is 2.05 bits per heavy atom. The van der Waals surface area contributed by atoms with Crippen molar-refractivity contribution in [2.24, 2.45) is 0 Å². The van der Waals surface area contributed by atoms with Crippen molar-refractivity contribution in [3.63, 3.8) is 0 Å². The monoisotopic (exact) mass is 276 g/mol. The van der Waals surface area contributed by atoms with E-state index in [1.54, 1.807) is 0 Å². The molecule has 0 saturated heterocycles. The molecular weight excluding hydrogens is 248 g/mol. The van der Waals surface area contributed by atoms with Gasteiger partial charge in [-0.15, -0.1) is 0 Å². The summed E-state index contributed by atoms with van der Waals surface area (Å²) < 4.78 is 5.70.